The van der Waals surface area contributed by atoms with Crippen molar-refractivity contribution in [1.29, 1.82) is 0 Å². The van der Waals surface area contributed by atoms with Gasteiger partial charge in [0.25, 0.3) is 0 Å². The van der Waals surface area contributed by atoms with Crippen LogP contribution in [-0.2, 0) is 4.79 Å². The van der Waals surface area contributed by atoms with E-state index >= 15 is 0 Å². The number of allylic oxidation sites excluding steroid dienone is 1. The molecule has 4 fully saturated rings. The lowest BCUT2D eigenvalue weighted by atomic mass is 9.33. The monoisotopic (exact) mass is 488 g/mol. The molecule has 4 saturated carbocycles. The van der Waals surface area contributed by atoms with E-state index in [4.69, 9.17) is 0 Å². The van der Waals surface area contributed by atoms with E-state index in [1.807, 2.05) is 6.92 Å². The van der Waals surface area contributed by atoms with Gasteiger partial charge in [0.2, 0.25) is 0 Å². The Morgan fingerprint density at radius 2 is 1.60 bits per heavy atom. The Morgan fingerprint density at radius 1 is 0.943 bits per heavy atom. The number of aliphatic carboxylic acids is 1. The first-order valence-corrected chi connectivity index (χ1v) is 14.0. The van der Waals surface area contributed by atoms with Gasteiger partial charge in [-0.05, 0) is 97.7 Å². The van der Waals surface area contributed by atoms with Crippen LogP contribution in [0.1, 0.15) is 99.8 Å². The first-order valence-electron chi connectivity index (χ1n) is 14.0. The van der Waals surface area contributed by atoms with Crippen molar-refractivity contribution in [2.75, 3.05) is 0 Å². The third-order valence-electron chi connectivity index (χ3n) is 13.4. The lowest BCUT2D eigenvalue weighted by Crippen LogP contribution is -2.68. The lowest BCUT2D eigenvalue weighted by molar-refractivity contribution is -0.237. The number of carboxylic acids is 1. The molecule has 0 radical (unpaired) electrons. The number of carbonyl (C=O) groups is 1. The lowest BCUT2D eigenvalue weighted by Gasteiger charge is -2.72. The normalized spacial score (nSPS) is 57.1. The van der Waals surface area contributed by atoms with Crippen LogP contribution in [0, 0.1) is 50.7 Å². The van der Waals surface area contributed by atoms with E-state index in [9.17, 15) is 25.2 Å². The number of rotatable bonds is 1. The van der Waals surface area contributed by atoms with Crippen LogP contribution in [0.4, 0.5) is 0 Å². The Balaban J connectivity index is 1.65. The van der Waals surface area contributed by atoms with E-state index < -0.39 is 29.2 Å². The summed E-state index contributed by atoms with van der Waals surface area (Å²) in [5.74, 6) is -0.394. The van der Waals surface area contributed by atoms with Crippen molar-refractivity contribution in [2.24, 2.45) is 50.7 Å². The molecule has 0 amide bonds. The van der Waals surface area contributed by atoms with E-state index in [0.29, 0.717) is 31.1 Å². The van der Waals surface area contributed by atoms with E-state index in [2.05, 4.69) is 47.6 Å². The predicted octanol–water partition coefficient (Wildman–Crippen LogP) is 5.18. The largest absolute Gasteiger partial charge is 0.481 e. The van der Waals surface area contributed by atoms with Gasteiger partial charge in [0.15, 0.2) is 0 Å². The molecule has 11 atom stereocenters. The summed E-state index contributed by atoms with van der Waals surface area (Å²) in [7, 11) is 0. The van der Waals surface area contributed by atoms with Gasteiger partial charge in [0, 0.05) is 5.92 Å². The first-order chi connectivity index (χ1) is 16.0. The van der Waals surface area contributed by atoms with Crippen LogP contribution in [0.3, 0.4) is 0 Å². The molecule has 0 heterocycles. The molecule has 4 N–H and O–H groups in total. The van der Waals surface area contributed by atoms with E-state index in [-0.39, 0.29) is 33.5 Å². The summed E-state index contributed by atoms with van der Waals surface area (Å²) in [6, 6.07) is 0. The van der Waals surface area contributed by atoms with Gasteiger partial charge < -0.3 is 20.4 Å². The zero-order valence-electron chi connectivity index (χ0n) is 22.9. The molecule has 0 aromatic heterocycles. The Labute approximate surface area is 211 Å². The fraction of sp³-hybridized carbons (Fsp3) is 0.900. The number of aliphatic hydroxyl groups excluding tert-OH is 2. The second-order valence-electron chi connectivity index (χ2n) is 14.9. The van der Waals surface area contributed by atoms with Gasteiger partial charge in [-0.2, -0.15) is 0 Å². The molecular weight excluding hydrogens is 440 g/mol. The molecule has 35 heavy (non-hydrogen) atoms. The number of hydrogen-bond donors (Lipinski definition) is 4. The van der Waals surface area contributed by atoms with Crippen molar-refractivity contribution in [3.05, 3.63) is 11.6 Å². The maximum atomic E-state index is 12.8. The molecule has 0 aromatic rings. The average molecular weight is 489 g/mol. The van der Waals surface area contributed by atoms with Crippen molar-refractivity contribution < 1.29 is 25.2 Å². The van der Waals surface area contributed by atoms with E-state index in [1.54, 1.807) is 0 Å². The highest BCUT2D eigenvalue weighted by atomic mass is 16.4. The second-order valence-corrected chi connectivity index (χ2v) is 14.9. The van der Waals surface area contributed by atoms with Gasteiger partial charge in [0.1, 0.15) is 0 Å². The van der Waals surface area contributed by atoms with Gasteiger partial charge in [-0.1, -0.05) is 53.2 Å². The molecule has 0 saturated heterocycles. The Morgan fingerprint density at radius 3 is 2.23 bits per heavy atom. The Bertz CT molecular complexity index is 952. The van der Waals surface area contributed by atoms with Crippen molar-refractivity contribution in [3.63, 3.8) is 0 Å². The van der Waals surface area contributed by atoms with Crippen LogP contribution in [0.2, 0.25) is 0 Å². The average Bonchev–Trinajstić information content (AvgIpc) is 2.75. The zero-order chi connectivity index (χ0) is 26.0. The summed E-state index contributed by atoms with van der Waals surface area (Å²) in [5, 5.41) is 44.3. The zero-order valence-corrected chi connectivity index (χ0v) is 22.9. The minimum atomic E-state index is -1.05. The number of carboxylic acid groups (broad SMARTS) is 1. The summed E-state index contributed by atoms with van der Waals surface area (Å²) in [5.41, 5.74) is -1.46. The standard InChI is InChI=1S/C30H48O5/c1-17-10-13-30(24(33)34)15-14-27(5)18(22(30)29(17,7)35)8-9-21-26(4)16-19(31)23(32)25(2,3)20(26)11-12-28(21,27)6/h8,17,19-23,31-32,35H,9-16H2,1-7H3,(H,33,34)/t17-,19+,20?,21?,22?,23+,26+,27-,28-,29-,30+/m1/s1. The van der Waals surface area contributed by atoms with Crippen LogP contribution in [0.25, 0.3) is 0 Å². The van der Waals surface area contributed by atoms with Crippen LogP contribution in [-0.4, -0.2) is 44.2 Å². The van der Waals surface area contributed by atoms with E-state index in [0.717, 1.165) is 32.1 Å². The predicted molar refractivity (Wildman–Crippen MR) is 135 cm³/mol. The number of aliphatic hydroxyl groups is 3. The van der Waals surface area contributed by atoms with Gasteiger partial charge in [-0.25, -0.2) is 0 Å². The van der Waals surface area contributed by atoms with Crippen LogP contribution in [0.5, 0.6) is 0 Å². The molecule has 0 bridgehead atoms. The Kier molecular flexibility index (Phi) is 5.40. The smallest absolute Gasteiger partial charge is 0.310 e. The summed E-state index contributed by atoms with van der Waals surface area (Å²) in [4.78, 5) is 12.8. The quantitative estimate of drug-likeness (QED) is 0.382. The molecule has 5 rings (SSSR count). The molecule has 5 nitrogen and oxygen atoms in total. The van der Waals surface area contributed by atoms with Gasteiger partial charge in [-0.3, -0.25) is 4.79 Å². The topological polar surface area (TPSA) is 98.0 Å². The summed E-state index contributed by atoms with van der Waals surface area (Å²) < 4.78 is 0. The highest BCUT2D eigenvalue weighted by Crippen LogP contribution is 2.76. The van der Waals surface area contributed by atoms with Crippen molar-refractivity contribution in [1.82, 2.24) is 0 Å². The van der Waals surface area contributed by atoms with Gasteiger partial charge in [0.05, 0.1) is 23.2 Å². The molecule has 5 aliphatic carbocycles. The molecule has 198 valence electrons. The summed E-state index contributed by atoms with van der Waals surface area (Å²) in [6.07, 6.45) is 7.21. The molecule has 0 aromatic carbocycles. The third kappa shape index (κ3) is 2.90. The van der Waals surface area contributed by atoms with Gasteiger partial charge in [-0.15, -0.1) is 0 Å². The highest BCUT2D eigenvalue weighted by Gasteiger charge is 2.71. The fourth-order valence-electron chi connectivity index (χ4n) is 11.0. The second kappa shape index (κ2) is 7.35. The maximum absolute atomic E-state index is 12.8. The third-order valence-corrected chi connectivity index (χ3v) is 13.4. The van der Waals surface area contributed by atoms with Crippen molar-refractivity contribution in [3.8, 4) is 0 Å². The van der Waals surface area contributed by atoms with Crippen LogP contribution in [0.15, 0.2) is 11.6 Å². The Hall–Kier alpha value is -0.910. The van der Waals surface area contributed by atoms with Crippen LogP contribution < -0.4 is 0 Å². The molecule has 0 spiro atoms. The minimum absolute atomic E-state index is 0.0535. The summed E-state index contributed by atoms with van der Waals surface area (Å²) >= 11 is 0. The SMILES string of the molecule is C[C@@H]1CC[C@]2(C(=O)O)CC[C@]3(C)C(=CCC4[C@@]5(C)C[C@H](O)[C@H](O)C(C)(C)C5CC[C@]43C)C2[C@]1(C)O. The van der Waals surface area contributed by atoms with Crippen molar-refractivity contribution in [2.45, 2.75) is 118 Å². The fourth-order valence-corrected chi connectivity index (χ4v) is 11.0. The van der Waals surface area contributed by atoms with Crippen molar-refractivity contribution >= 4 is 5.97 Å². The van der Waals surface area contributed by atoms with Gasteiger partial charge >= 0.3 is 5.97 Å². The number of hydrogen-bond acceptors (Lipinski definition) is 4. The maximum Gasteiger partial charge on any atom is 0.310 e. The molecule has 5 aliphatic rings. The first kappa shape index (κ1) is 25.7. The minimum Gasteiger partial charge on any atom is -0.481 e. The molecular formula is C30H48O5. The van der Waals surface area contributed by atoms with Crippen LogP contribution >= 0.6 is 0 Å². The van der Waals surface area contributed by atoms with E-state index in [1.165, 1.54) is 5.57 Å². The molecule has 3 unspecified atom stereocenters. The summed E-state index contributed by atoms with van der Waals surface area (Å²) in [6.45, 7) is 15.3. The molecule has 5 heteroatoms. The molecule has 0 aliphatic heterocycles. The number of fused-ring (bicyclic) bond motifs is 7. The highest BCUT2D eigenvalue weighted by molar-refractivity contribution is 5.77.